The third-order valence-electron chi connectivity index (χ3n) is 10.9. The van der Waals surface area contributed by atoms with Gasteiger partial charge in [-0.15, -0.1) is 0 Å². The first-order valence-electron chi connectivity index (χ1n) is 18.6. The number of para-hydroxylation sites is 2. The van der Waals surface area contributed by atoms with Crippen LogP contribution in [0.3, 0.4) is 0 Å². The van der Waals surface area contributed by atoms with Crippen molar-refractivity contribution in [2.75, 3.05) is 9.80 Å². The van der Waals surface area contributed by atoms with E-state index in [1.807, 2.05) is 6.08 Å². The van der Waals surface area contributed by atoms with Crippen molar-refractivity contribution in [3.05, 3.63) is 93.4 Å². The predicted molar refractivity (Wildman–Crippen MR) is 215 cm³/mol. The number of allylic oxidation sites excluding steroid dienone is 2. The van der Waals surface area contributed by atoms with Gasteiger partial charge in [0.1, 0.15) is 0 Å². The third kappa shape index (κ3) is 7.82. The molecule has 2 aliphatic rings. The average molecular weight is 842 g/mol. The predicted octanol–water partition coefficient (Wildman–Crippen LogP) is 14.7. The van der Waals surface area contributed by atoms with Crippen LogP contribution in [0.2, 0.25) is 0 Å². The zero-order valence-electron chi connectivity index (χ0n) is 31.1. The van der Waals surface area contributed by atoms with E-state index in [0.29, 0.717) is 34.0 Å². The van der Waals surface area contributed by atoms with E-state index >= 15 is 0 Å². The van der Waals surface area contributed by atoms with Crippen molar-refractivity contribution in [1.29, 1.82) is 0 Å². The van der Waals surface area contributed by atoms with Crippen LogP contribution < -0.4 is 9.80 Å². The molecule has 0 saturated carbocycles. The monoisotopic (exact) mass is 839 g/mol. The molecule has 1 unspecified atom stereocenters. The van der Waals surface area contributed by atoms with Crippen LogP contribution in [0.5, 0.6) is 0 Å². The van der Waals surface area contributed by atoms with Gasteiger partial charge >= 0.3 is 322 Å². The second-order valence-electron chi connectivity index (χ2n) is 13.4. The number of hydrogen-bond acceptors (Lipinski definition) is 3. The Morgan fingerprint density at radius 2 is 0.898 bits per heavy atom. The Hall–Kier alpha value is -1.12. The molecular weight excluding hydrogens is 783 g/mol. The van der Waals surface area contributed by atoms with Gasteiger partial charge in [0, 0.05) is 0 Å². The Balaban J connectivity index is 2.18. The summed E-state index contributed by atoms with van der Waals surface area (Å²) in [5.41, 5.74) is 7.43. The molecule has 0 fully saturated rings. The first-order valence-corrected chi connectivity index (χ1v) is 24.9. The Bertz CT molecular complexity index is 1340. The minimum absolute atomic E-state index is 0.0133. The maximum atomic E-state index is 8.06. The molecule has 2 aliphatic heterocycles. The van der Waals surface area contributed by atoms with E-state index in [1.54, 1.807) is 0 Å². The summed E-state index contributed by atoms with van der Waals surface area (Å²) in [6, 6.07) is 13.7. The van der Waals surface area contributed by atoms with Crippen LogP contribution in [0.1, 0.15) is 160 Å². The van der Waals surface area contributed by atoms with Crippen molar-refractivity contribution in [3.8, 4) is 0 Å². The van der Waals surface area contributed by atoms with E-state index in [4.69, 9.17) is 42.3 Å². The minimum atomic E-state index is -3.70. The Morgan fingerprint density at radius 3 is 1.18 bits per heavy atom. The Morgan fingerprint density at radius 1 is 0.571 bits per heavy atom. The van der Waals surface area contributed by atoms with Crippen molar-refractivity contribution in [2.45, 2.75) is 148 Å². The molecule has 2 heterocycles. The molecule has 0 N–H and O–H groups in total. The standard InChI is InChI=1S/C35H51Cl2N2.C6H8N.2ClH.Pd/c1-9-24(10-2)28-19-17-20-29(25(11-3)12-4)32(28)38-23-39(35(37)34(38)36)33-30(26(13-5)14-6)21-18-22-31(33)27(15-7)16-8;1-6-4-2-3-5-7-6;;;/h17-27H,9-16H2,1-8H3;2-6H,1H3;2*1H;/q;-1;;;+3/p-2. The van der Waals surface area contributed by atoms with Crippen LogP contribution in [0.25, 0.3) is 0 Å². The van der Waals surface area contributed by atoms with Crippen molar-refractivity contribution in [1.82, 2.24) is 3.53 Å². The van der Waals surface area contributed by atoms with Gasteiger partial charge in [0.25, 0.3) is 0 Å². The summed E-state index contributed by atoms with van der Waals surface area (Å²) >= 11 is 11.7. The quantitative estimate of drug-likeness (QED) is 0.123. The number of benzene rings is 2. The SMILES string of the molecule is CCC(CC)c1cccc(C(CC)CC)c1N1C(Cl)=C(Cl)N(c2c(C(CC)CC)cccc2C(CC)CC)[CH]1[Pd]([Cl])([Cl])[N]1C=CC=CC1C. The van der Waals surface area contributed by atoms with E-state index in [9.17, 15) is 0 Å². The molecule has 2 aromatic carbocycles. The van der Waals surface area contributed by atoms with Crippen LogP contribution >= 0.6 is 42.3 Å². The van der Waals surface area contributed by atoms with E-state index < -0.39 is 18.4 Å². The molecular formula is C41H59Cl4N3Pd. The molecule has 49 heavy (non-hydrogen) atoms. The van der Waals surface area contributed by atoms with Crippen LogP contribution in [0.15, 0.2) is 71.1 Å². The Kier molecular flexibility index (Phi) is 15.0. The van der Waals surface area contributed by atoms with Crippen molar-refractivity contribution >= 4 is 53.6 Å². The molecule has 0 spiro atoms. The number of nitrogens with zero attached hydrogens (tertiary/aromatic N) is 3. The number of halogens is 4. The summed E-state index contributed by atoms with van der Waals surface area (Å²) < 4.78 is 1.67. The first-order chi connectivity index (χ1) is 23.5. The second kappa shape index (κ2) is 18.1. The molecule has 4 rings (SSSR count). The molecule has 0 bridgehead atoms. The molecule has 2 aromatic rings. The van der Waals surface area contributed by atoms with Gasteiger partial charge < -0.3 is 0 Å². The zero-order chi connectivity index (χ0) is 36.0. The van der Waals surface area contributed by atoms with Crippen LogP contribution in [0.4, 0.5) is 11.4 Å². The topological polar surface area (TPSA) is 9.72 Å². The zero-order valence-corrected chi connectivity index (χ0v) is 35.6. The third-order valence-corrected chi connectivity index (χ3v) is 18.3. The second-order valence-corrected chi connectivity index (χ2v) is 22.6. The van der Waals surface area contributed by atoms with E-state index in [2.05, 4.69) is 130 Å². The average Bonchev–Trinajstić information content (AvgIpc) is 3.37. The summed E-state index contributed by atoms with van der Waals surface area (Å²) in [5, 5.41) is 0.995. The van der Waals surface area contributed by atoms with E-state index in [0.717, 1.165) is 62.7 Å². The summed E-state index contributed by atoms with van der Waals surface area (Å²) in [7, 11) is 16.1. The van der Waals surface area contributed by atoms with E-state index in [1.165, 1.54) is 22.3 Å². The molecule has 0 amide bonds. The van der Waals surface area contributed by atoms with Crippen molar-refractivity contribution in [2.24, 2.45) is 0 Å². The molecule has 8 heteroatoms. The summed E-state index contributed by atoms with van der Waals surface area (Å²) in [6.45, 7) is 20.4. The van der Waals surface area contributed by atoms with Gasteiger partial charge in [-0.1, -0.05) is 0 Å². The van der Waals surface area contributed by atoms with Crippen LogP contribution in [-0.2, 0) is 13.7 Å². The van der Waals surface area contributed by atoms with E-state index in [-0.39, 0.29) is 6.04 Å². The van der Waals surface area contributed by atoms with Gasteiger partial charge in [0.05, 0.1) is 0 Å². The molecule has 1 atom stereocenters. The van der Waals surface area contributed by atoms with Gasteiger partial charge in [-0.25, -0.2) is 0 Å². The summed E-state index contributed by atoms with van der Waals surface area (Å²) in [4.78, 5) is 4.56. The first kappa shape index (κ1) is 40.6. The van der Waals surface area contributed by atoms with Gasteiger partial charge in [0.2, 0.25) is 0 Å². The van der Waals surface area contributed by atoms with Gasteiger partial charge in [0.15, 0.2) is 0 Å². The normalized spacial score (nSPS) is 17.7. The molecule has 0 radical (unpaired) electrons. The van der Waals surface area contributed by atoms with Crippen LogP contribution in [-0.4, -0.2) is 14.2 Å². The molecule has 0 aliphatic carbocycles. The molecule has 276 valence electrons. The number of hydrogen-bond donors (Lipinski definition) is 0. The maximum absolute atomic E-state index is 8.06. The van der Waals surface area contributed by atoms with Crippen molar-refractivity contribution < 1.29 is 13.7 Å². The molecule has 0 aromatic heterocycles. The summed E-state index contributed by atoms with van der Waals surface area (Å²) in [5.74, 6) is 1.39. The number of rotatable bonds is 16. The molecule has 0 saturated heterocycles. The Labute approximate surface area is 320 Å². The summed E-state index contributed by atoms with van der Waals surface area (Å²) in [6.07, 6.45) is 16.5. The van der Waals surface area contributed by atoms with Crippen LogP contribution in [0, 0.1) is 0 Å². The van der Waals surface area contributed by atoms with Gasteiger partial charge in [-0.2, -0.15) is 0 Å². The fourth-order valence-electron chi connectivity index (χ4n) is 7.91. The van der Waals surface area contributed by atoms with Crippen molar-refractivity contribution in [3.63, 3.8) is 0 Å². The fourth-order valence-corrected chi connectivity index (χ4v) is 15.3. The fraction of sp³-hybridized carbons (Fsp3) is 0.561. The molecule has 3 nitrogen and oxygen atoms in total. The van der Waals surface area contributed by atoms with Gasteiger partial charge in [-0.05, 0) is 0 Å². The van der Waals surface area contributed by atoms with Gasteiger partial charge in [-0.3, -0.25) is 0 Å². The number of anilines is 2.